The minimum atomic E-state index is -0.406. The number of allylic oxidation sites excluding steroid dienone is 1. The Labute approximate surface area is 185 Å². The largest absolute Gasteiger partial charge is 0.394 e. The first kappa shape index (κ1) is 22.0. The summed E-state index contributed by atoms with van der Waals surface area (Å²) in [6.07, 6.45) is 8.31. The van der Waals surface area contributed by atoms with Crippen molar-refractivity contribution < 1.29 is 14.7 Å². The highest BCUT2D eigenvalue weighted by Crippen LogP contribution is 2.54. The highest BCUT2D eigenvalue weighted by molar-refractivity contribution is 5.84. The maximum atomic E-state index is 13.1. The summed E-state index contributed by atoms with van der Waals surface area (Å²) < 4.78 is 0. The number of rotatable bonds is 6. The number of hydrogen-bond acceptors (Lipinski definition) is 4. The third-order valence-electron chi connectivity index (χ3n) is 7.28. The van der Waals surface area contributed by atoms with Crippen molar-refractivity contribution in [2.24, 2.45) is 5.92 Å². The lowest BCUT2D eigenvalue weighted by atomic mass is 9.60. The van der Waals surface area contributed by atoms with E-state index < -0.39 is 5.54 Å². The Bertz CT molecular complexity index is 836. The average Bonchev–Trinajstić information content (AvgIpc) is 3.22. The summed E-state index contributed by atoms with van der Waals surface area (Å²) in [5.74, 6) is 0.461. The Hall–Kier alpha value is -2.18. The van der Waals surface area contributed by atoms with Crippen LogP contribution in [0, 0.1) is 5.92 Å². The lowest BCUT2D eigenvalue weighted by Crippen LogP contribution is -2.86. The van der Waals surface area contributed by atoms with Crippen molar-refractivity contribution in [1.29, 1.82) is 0 Å². The summed E-state index contributed by atoms with van der Waals surface area (Å²) in [7, 11) is 3.76. The molecule has 2 heterocycles. The van der Waals surface area contributed by atoms with Crippen LogP contribution in [0.15, 0.2) is 30.3 Å². The molecular formula is C25H35N3O3. The number of likely N-dealkylation sites (tertiary alicyclic amines) is 2. The zero-order valence-corrected chi connectivity index (χ0v) is 19.0. The summed E-state index contributed by atoms with van der Waals surface area (Å²) >= 11 is 0. The fourth-order valence-electron chi connectivity index (χ4n) is 5.96. The number of likely N-dealkylation sites (N-methyl/N-ethyl adjacent to an activating group) is 1. The molecule has 31 heavy (non-hydrogen) atoms. The van der Waals surface area contributed by atoms with Crippen LogP contribution >= 0.6 is 0 Å². The zero-order valence-electron chi connectivity index (χ0n) is 19.0. The van der Waals surface area contributed by atoms with E-state index in [-0.39, 0.29) is 36.3 Å². The maximum Gasteiger partial charge on any atom is 0.237 e. The summed E-state index contributed by atoms with van der Waals surface area (Å²) in [5.41, 5.74) is 1.86. The molecule has 1 aromatic rings. The van der Waals surface area contributed by atoms with Gasteiger partial charge in [0.05, 0.1) is 24.7 Å². The van der Waals surface area contributed by atoms with Gasteiger partial charge < -0.3 is 19.8 Å². The first-order valence-corrected chi connectivity index (χ1v) is 11.5. The number of nitrogens with zero attached hydrogens (tertiary/aromatic N) is 3. The first-order chi connectivity index (χ1) is 14.9. The minimum Gasteiger partial charge on any atom is -0.394 e. The Morgan fingerprint density at radius 1 is 1.16 bits per heavy atom. The average molecular weight is 426 g/mol. The van der Waals surface area contributed by atoms with Crippen LogP contribution in [0.3, 0.4) is 0 Å². The molecule has 1 aromatic carbocycles. The van der Waals surface area contributed by atoms with Crippen molar-refractivity contribution in [3.05, 3.63) is 41.5 Å². The van der Waals surface area contributed by atoms with Gasteiger partial charge in [0.25, 0.3) is 0 Å². The van der Waals surface area contributed by atoms with Crippen LogP contribution in [0.1, 0.15) is 49.7 Å². The van der Waals surface area contributed by atoms with Crippen LogP contribution in [0.2, 0.25) is 0 Å². The molecule has 0 bridgehead atoms. The molecule has 3 aliphatic rings. The van der Waals surface area contributed by atoms with E-state index in [9.17, 15) is 14.7 Å². The summed E-state index contributed by atoms with van der Waals surface area (Å²) in [5, 5.41) is 10.2. The van der Waals surface area contributed by atoms with Crippen LogP contribution < -0.4 is 0 Å². The molecule has 6 nitrogen and oxygen atoms in total. The fraction of sp³-hybridized carbons (Fsp3) is 0.600. The third kappa shape index (κ3) is 3.80. The van der Waals surface area contributed by atoms with E-state index in [0.29, 0.717) is 19.6 Å². The lowest BCUT2D eigenvalue weighted by molar-refractivity contribution is -0.204. The van der Waals surface area contributed by atoms with Gasteiger partial charge in [-0.1, -0.05) is 49.3 Å². The Morgan fingerprint density at radius 3 is 2.35 bits per heavy atom. The number of benzene rings is 1. The van der Waals surface area contributed by atoms with Gasteiger partial charge >= 0.3 is 0 Å². The zero-order chi connectivity index (χ0) is 22.2. The second kappa shape index (κ2) is 8.75. The molecule has 2 amide bonds. The molecule has 168 valence electrons. The van der Waals surface area contributed by atoms with Crippen LogP contribution in [-0.4, -0.2) is 83.5 Å². The van der Waals surface area contributed by atoms with Gasteiger partial charge in [-0.3, -0.25) is 9.59 Å². The molecular weight excluding hydrogens is 390 g/mol. The van der Waals surface area contributed by atoms with Crippen LogP contribution in [0.25, 0.3) is 6.08 Å². The standard InChI is InChI=1S/C25H35N3O3/c1-4-7-18-10-12-19(13-11-18)23-21(15-29)28(22(30)14-26(2)3)25(23)16-27(17-25)24(31)20-8-5-6-9-20/h4,7,10-13,20-21,23,29H,5-6,8-9,14-17H2,1-3H3/b7-4+/t21-,23+/m1/s1. The molecule has 0 unspecified atom stereocenters. The van der Waals surface area contributed by atoms with Crippen molar-refractivity contribution in [2.45, 2.75) is 50.1 Å². The number of aliphatic hydroxyl groups excluding tert-OH is 1. The summed E-state index contributed by atoms with van der Waals surface area (Å²) in [6, 6.07) is 8.15. The molecule has 2 atom stereocenters. The van der Waals surface area contributed by atoms with E-state index in [1.165, 1.54) is 0 Å². The number of hydrogen-bond donors (Lipinski definition) is 1. The summed E-state index contributed by atoms with van der Waals surface area (Å²) in [6.45, 7) is 3.37. The van der Waals surface area contributed by atoms with Crippen molar-refractivity contribution in [2.75, 3.05) is 40.3 Å². The van der Waals surface area contributed by atoms with Gasteiger partial charge in [-0.2, -0.15) is 0 Å². The SMILES string of the molecule is C/C=C/c1ccc([C@H]2[C@@H](CO)N(C(=O)CN(C)C)C23CN(C(=O)C2CCCC2)C3)cc1. The number of aliphatic hydroxyl groups is 1. The van der Waals surface area contributed by atoms with Gasteiger partial charge in [-0.25, -0.2) is 0 Å². The van der Waals surface area contributed by atoms with E-state index in [2.05, 4.69) is 30.3 Å². The normalized spacial score (nSPS) is 25.3. The molecule has 3 fully saturated rings. The third-order valence-corrected chi connectivity index (χ3v) is 7.28. The molecule has 0 radical (unpaired) electrons. The maximum absolute atomic E-state index is 13.1. The van der Waals surface area contributed by atoms with Crippen molar-refractivity contribution in [3.8, 4) is 0 Å². The number of amides is 2. The number of carbonyl (C=O) groups is 2. The molecule has 2 saturated heterocycles. The van der Waals surface area contributed by atoms with Crippen molar-refractivity contribution in [1.82, 2.24) is 14.7 Å². The predicted octanol–water partition coefficient (Wildman–Crippen LogP) is 2.34. The quantitative estimate of drug-likeness (QED) is 0.760. The Morgan fingerprint density at radius 2 is 1.81 bits per heavy atom. The Kier molecular flexibility index (Phi) is 6.22. The van der Waals surface area contributed by atoms with E-state index in [0.717, 1.165) is 36.8 Å². The molecule has 1 spiro atoms. The smallest absolute Gasteiger partial charge is 0.237 e. The highest BCUT2D eigenvalue weighted by Gasteiger charge is 2.68. The molecule has 4 rings (SSSR count). The first-order valence-electron chi connectivity index (χ1n) is 11.5. The Balaban J connectivity index is 1.60. The van der Waals surface area contributed by atoms with Gasteiger partial charge in [-0.15, -0.1) is 0 Å². The minimum absolute atomic E-state index is 0.0267. The topological polar surface area (TPSA) is 64.1 Å². The van der Waals surface area contributed by atoms with Crippen molar-refractivity contribution in [3.63, 3.8) is 0 Å². The van der Waals surface area contributed by atoms with Gasteiger partial charge in [0.15, 0.2) is 0 Å². The van der Waals surface area contributed by atoms with Crippen molar-refractivity contribution >= 4 is 17.9 Å². The van der Waals surface area contributed by atoms with Crippen LogP contribution in [0.4, 0.5) is 0 Å². The molecule has 1 N–H and O–H groups in total. The molecule has 1 aliphatic carbocycles. The van der Waals surface area contributed by atoms with E-state index in [1.54, 1.807) is 0 Å². The number of carbonyl (C=O) groups excluding carboxylic acids is 2. The molecule has 0 aromatic heterocycles. The van der Waals surface area contributed by atoms with Crippen LogP contribution in [0.5, 0.6) is 0 Å². The fourth-order valence-corrected chi connectivity index (χ4v) is 5.96. The summed E-state index contributed by atoms with van der Waals surface area (Å²) in [4.78, 5) is 31.8. The van der Waals surface area contributed by atoms with Gasteiger partial charge in [0.2, 0.25) is 11.8 Å². The van der Waals surface area contributed by atoms with Gasteiger partial charge in [-0.05, 0) is 45.0 Å². The molecule has 2 aliphatic heterocycles. The van der Waals surface area contributed by atoms with Crippen LogP contribution in [-0.2, 0) is 9.59 Å². The molecule has 1 saturated carbocycles. The van der Waals surface area contributed by atoms with E-state index in [1.807, 2.05) is 41.8 Å². The lowest BCUT2D eigenvalue weighted by Gasteiger charge is -2.70. The molecule has 6 heteroatoms. The monoisotopic (exact) mass is 425 g/mol. The second-order valence-electron chi connectivity index (χ2n) is 9.68. The second-order valence-corrected chi connectivity index (χ2v) is 9.68. The van der Waals surface area contributed by atoms with E-state index >= 15 is 0 Å². The predicted molar refractivity (Wildman–Crippen MR) is 121 cm³/mol. The highest BCUT2D eigenvalue weighted by atomic mass is 16.3. The van der Waals surface area contributed by atoms with Gasteiger partial charge in [0, 0.05) is 24.9 Å². The van der Waals surface area contributed by atoms with Gasteiger partial charge in [0.1, 0.15) is 0 Å². The van der Waals surface area contributed by atoms with E-state index in [4.69, 9.17) is 0 Å².